The summed E-state index contributed by atoms with van der Waals surface area (Å²) in [6.07, 6.45) is 0.826. The summed E-state index contributed by atoms with van der Waals surface area (Å²) < 4.78 is 22.7. The van der Waals surface area contributed by atoms with Gasteiger partial charge in [0.05, 0.1) is 11.5 Å². The topological polar surface area (TPSA) is 104 Å². The van der Waals surface area contributed by atoms with Crippen LogP contribution in [0.2, 0.25) is 0 Å². The number of carbonyl (C=O) groups is 2. The van der Waals surface area contributed by atoms with Gasteiger partial charge in [0.1, 0.15) is 0 Å². The first-order chi connectivity index (χ1) is 8.41. The zero-order valence-corrected chi connectivity index (χ0v) is 10.9. The summed E-state index contributed by atoms with van der Waals surface area (Å²) in [7, 11) is -3.02. The number of aliphatic carboxylic acids is 1. The summed E-state index contributed by atoms with van der Waals surface area (Å²) >= 11 is 0. The molecule has 0 aromatic carbocycles. The standard InChI is InChI=1S/C10H18N2O5S/c13-9(14)3-1-4-11-10(15)12-5-2-7-18(16,17)8-6-12/h1-8H2,(H,11,15)(H,13,14). The van der Waals surface area contributed by atoms with Gasteiger partial charge in [-0.2, -0.15) is 0 Å². The molecule has 0 spiro atoms. The molecule has 0 unspecified atom stereocenters. The fraction of sp³-hybridized carbons (Fsp3) is 0.800. The van der Waals surface area contributed by atoms with Crippen molar-refractivity contribution in [2.45, 2.75) is 19.3 Å². The Bertz CT molecular complexity index is 406. The molecule has 0 aromatic heterocycles. The molecule has 2 amide bonds. The lowest BCUT2D eigenvalue weighted by Crippen LogP contribution is -2.41. The summed E-state index contributed by atoms with van der Waals surface area (Å²) in [4.78, 5) is 23.4. The van der Waals surface area contributed by atoms with Gasteiger partial charge < -0.3 is 15.3 Å². The Balaban J connectivity index is 2.31. The summed E-state index contributed by atoms with van der Waals surface area (Å²) in [5.74, 6) is -0.782. The van der Waals surface area contributed by atoms with Crippen LogP contribution in [-0.2, 0) is 14.6 Å². The van der Waals surface area contributed by atoms with Crippen molar-refractivity contribution in [3.63, 3.8) is 0 Å². The van der Waals surface area contributed by atoms with E-state index in [0.29, 0.717) is 19.4 Å². The van der Waals surface area contributed by atoms with Crippen molar-refractivity contribution in [2.75, 3.05) is 31.1 Å². The minimum Gasteiger partial charge on any atom is -0.481 e. The van der Waals surface area contributed by atoms with Crippen LogP contribution < -0.4 is 5.32 Å². The molecule has 8 heteroatoms. The van der Waals surface area contributed by atoms with Gasteiger partial charge in [0.15, 0.2) is 9.84 Å². The number of rotatable bonds is 4. The Labute approximate surface area is 106 Å². The van der Waals surface area contributed by atoms with Crippen molar-refractivity contribution in [2.24, 2.45) is 0 Å². The van der Waals surface area contributed by atoms with E-state index < -0.39 is 15.8 Å². The van der Waals surface area contributed by atoms with Crippen molar-refractivity contribution < 1.29 is 23.1 Å². The van der Waals surface area contributed by atoms with Gasteiger partial charge in [-0.05, 0) is 12.8 Å². The molecule has 0 saturated carbocycles. The average Bonchev–Trinajstić information content (AvgIpc) is 2.45. The Kier molecular flexibility index (Phi) is 5.39. The zero-order valence-electron chi connectivity index (χ0n) is 10.1. The van der Waals surface area contributed by atoms with Crippen LogP contribution in [-0.4, -0.2) is 61.6 Å². The second kappa shape index (κ2) is 6.58. The first kappa shape index (κ1) is 14.7. The molecule has 0 aliphatic carbocycles. The fourth-order valence-electron chi connectivity index (χ4n) is 1.69. The van der Waals surface area contributed by atoms with Crippen LogP contribution in [0.25, 0.3) is 0 Å². The van der Waals surface area contributed by atoms with Gasteiger partial charge >= 0.3 is 12.0 Å². The molecule has 1 aliphatic heterocycles. The van der Waals surface area contributed by atoms with Gasteiger partial charge in [-0.1, -0.05) is 0 Å². The van der Waals surface area contributed by atoms with Crippen LogP contribution in [0, 0.1) is 0 Å². The van der Waals surface area contributed by atoms with E-state index in [1.165, 1.54) is 4.90 Å². The number of nitrogens with zero attached hydrogens (tertiary/aromatic N) is 1. The maximum absolute atomic E-state index is 11.7. The number of carboxylic acids is 1. The van der Waals surface area contributed by atoms with E-state index in [2.05, 4.69) is 5.32 Å². The van der Waals surface area contributed by atoms with Crippen LogP contribution in [0.5, 0.6) is 0 Å². The summed E-state index contributed by atoms with van der Waals surface area (Å²) in [6.45, 7) is 0.908. The van der Waals surface area contributed by atoms with Gasteiger partial charge in [-0.3, -0.25) is 4.79 Å². The van der Waals surface area contributed by atoms with Crippen LogP contribution in [0.3, 0.4) is 0 Å². The lowest BCUT2D eigenvalue weighted by molar-refractivity contribution is -0.137. The molecule has 7 nitrogen and oxygen atoms in total. The van der Waals surface area contributed by atoms with E-state index in [0.717, 1.165) is 0 Å². The quantitative estimate of drug-likeness (QED) is 0.686. The minimum absolute atomic E-state index is 0.00442. The molecule has 2 N–H and O–H groups in total. The number of sulfone groups is 1. The molecule has 1 saturated heterocycles. The van der Waals surface area contributed by atoms with Gasteiger partial charge in [-0.25, -0.2) is 13.2 Å². The van der Waals surface area contributed by atoms with Gasteiger partial charge in [-0.15, -0.1) is 0 Å². The van der Waals surface area contributed by atoms with E-state index in [4.69, 9.17) is 5.11 Å². The summed E-state index contributed by atoms with van der Waals surface area (Å²) in [6, 6.07) is -0.322. The smallest absolute Gasteiger partial charge is 0.317 e. The molecule has 0 atom stereocenters. The number of hydrogen-bond acceptors (Lipinski definition) is 4. The predicted octanol–water partition coefficient (Wildman–Crippen LogP) is -0.319. The third-order valence-corrected chi connectivity index (χ3v) is 4.40. The Hall–Kier alpha value is -1.31. The molecule has 1 rings (SSSR count). The molecule has 0 radical (unpaired) electrons. The summed E-state index contributed by atoms with van der Waals surface area (Å²) in [5.41, 5.74) is 0. The van der Waals surface area contributed by atoms with E-state index in [-0.39, 0.29) is 37.0 Å². The van der Waals surface area contributed by atoms with Crippen LogP contribution in [0.15, 0.2) is 0 Å². The second-order valence-electron chi connectivity index (χ2n) is 4.22. The van der Waals surface area contributed by atoms with Crippen molar-refractivity contribution in [1.29, 1.82) is 0 Å². The third-order valence-electron chi connectivity index (χ3n) is 2.69. The SMILES string of the molecule is O=C(O)CCCNC(=O)N1CCCS(=O)(=O)CC1. The van der Waals surface area contributed by atoms with Crippen molar-refractivity contribution in [3.8, 4) is 0 Å². The number of amides is 2. The average molecular weight is 278 g/mol. The highest BCUT2D eigenvalue weighted by atomic mass is 32.2. The Morgan fingerprint density at radius 1 is 1.22 bits per heavy atom. The van der Waals surface area contributed by atoms with Crippen LogP contribution >= 0.6 is 0 Å². The molecule has 1 fully saturated rings. The maximum Gasteiger partial charge on any atom is 0.317 e. The molecule has 1 aliphatic rings. The van der Waals surface area contributed by atoms with Crippen molar-refractivity contribution in [3.05, 3.63) is 0 Å². The number of nitrogens with one attached hydrogen (secondary N) is 1. The van der Waals surface area contributed by atoms with Gasteiger partial charge in [0, 0.05) is 26.1 Å². The zero-order chi connectivity index (χ0) is 13.6. The largest absolute Gasteiger partial charge is 0.481 e. The fourth-order valence-corrected chi connectivity index (χ4v) is 2.96. The lowest BCUT2D eigenvalue weighted by Gasteiger charge is -2.20. The maximum atomic E-state index is 11.7. The van der Waals surface area contributed by atoms with Gasteiger partial charge in [0.25, 0.3) is 0 Å². The highest BCUT2D eigenvalue weighted by molar-refractivity contribution is 7.91. The lowest BCUT2D eigenvalue weighted by atomic mass is 10.3. The number of hydrogen-bond donors (Lipinski definition) is 2. The molecule has 18 heavy (non-hydrogen) atoms. The summed E-state index contributed by atoms with van der Waals surface area (Å²) in [5, 5.41) is 11.0. The first-order valence-electron chi connectivity index (χ1n) is 5.86. The highest BCUT2D eigenvalue weighted by Crippen LogP contribution is 2.05. The monoisotopic (exact) mass is 278 g/mol. The number of urea groups is 1. The molecule has 0 bridgehead atoms. The normalized spacial score (nSPS) is 19.0. The molecular weight excluding hydrogens is 260 g/mol. The van der Waals surface area contributed by atoms with E-state index >= 15 is 0 Å². The van der Waals surface area contributed by atoms with Crippen LogP contribution in [0.1, 0.15) is 19.3 Å². The van der Waals surface area contributed by atoms with Crippen molar-refractivity contribution in [1.82, 2.24) is 10.2 Å². The van der Waals surface area contributed by atoms with E-state index in [9.17, 15) is 18.0 Å². The first-order valence-corrected chi connectivity index (χ1v) is 7.68. The highest BCUT2D eigenvalue weighted by Gasteiger charge is 2.22. The molecular formula is C10H18N2O5S. The Morgan fingerprint density at radius 2 is 1.94 bits per heavy atom. The van der Waals surface area contributed by atoms with E-state index in [1.54, 1.807) is 0 Å². The molecule has 1 heterocycles. The third kappa shape index (κ3) is 5.35. The molecule has 104 valence electrons. The van der Waals surface area contributed by atoms with E-state index in [1.807, 2.05) is 0 Å². The number of carboxylic acid groups (broad SMARTS) is 1. The predicted molar refractivity (Wildman–Crippen MR) is 65.1 cm³/mol. The minimum atomic E-state index is -3.02. The molecule has 0 aromatic rings. The van der Waals surface area contributed by atoms with Crippen molar-refractivity contribution >= 4 is 21.8 Å². The van der Waals surface area contributed by atoms with Crippen LogP contribution in [0.4, 0.5) is 4.79 Å². The second-order valence-corrected chi connectivity index (χ2v) is 6.53. The number of carbonyl (C=O) groups excluding carboxylic acids is 1. The van der Waals surface area contributed by atoms with Gasteiger partial charge in [0.2, 0.25) is 0 Å². The Morgan fingerprint density at radius 3 is 2.61 bits per heavy atom.